The van der Waals surface area contributed by atoms with Gasteiger partial charge in [0.05, 0.1) is 11.9 Å². The SMILES string of the molecule is Cc1ccc(-c2ncc(-c3ccc(C(C)C)cc3)[nH]2)cc1. The first kappa shape index (κ1) is 13.6. The average Bonchev–Trinajstić information content (AvgIpc) is 2.98. The van der Waals surface area contributed by atoms with E-state index < -0.39 is 0 Å². The first-order valence-corrected chi connectivity index (χ1v) is 7.36. The molecule has 1 N–H and O–H groups in total. The zero-order valence-electron chi connectivity index (χ0n) is 12.7. The fourth-order valence-electron chi connectivity index (χ4n) is 2.37. The summed E-state index contributed by atoms with van der Waals surface area (Å²) in [6.07, 6.45) is 1.90. The summed E-state index contributed by atoms with van der Waals surface area (Å²) in [4.78, 5) is 7.90. The molecule has 0 aliphatic rings. The minimum absolute atomic E-state index is 0.559. The van der Waals surface area contributed by atoms with Gasteiger partial charge in [-0.05, 0) is 24.0 Å². The van der Waals surface area contributed by atoms with Crippen LogP contribution in [0.15, 0.2) is 54.7 Å². The Balaban J connectivity index is 1.89. The predicted octanol–water partition coefficient (Wildman–Crippen LogP) is 5.18. The number of hydrogen-bond acceptors (Lipinski definition) is 1. The summed E-state index contributed by atoms with van der Waals surface area (Å²) < 4.78 is 0. The molecule has 106 valence electrons. The van der Waals surface area contributed by atoms with Crippen LogP contribution in [-0.2, 0) is 0 Å². The van der Waals surface area contributed by atoms with Crippen LogP contribution in [0.25, 0.3) is 22.6 Å². The lowest BCUT2D eigenvalue weighted by atomic mass is 10.0. The lowest BCUT2D eigenvalue weighted by Crippen LogP contribution is -1.87. The second kappa shape index (κ2) is 5.57. The van der Waals surface area contributed by atoms with E-state index in [1.807, 2.05) is 6.20 Å². The van der Waals surface area contributed by atoms with Gasteiger partial charge in [-0.3, -0.25) is 0 Å². The number of nitrogens with one attached hydrogen (secondary N) is 1. The second-order valence-corrected chi connectivity index (χ2v) is 5.79. The van der Waals surface area contributed by atoms with E-state index >= 15 is 0 Å². The molecule has 21 heavy (non-hydrogen) atoms. The molecular weight excluding hydrogens is 256 g/mol. The maximum atomic E-state index is 4.49. The fraction of sp³-hybridized carbons (Fsp3) is 0.211. The van der Waals surface area contributed by atoms with E-state index in [1.165, 1.54) is 16.7 Å². The number of nitrogens with zero attached hydrogens (tertiary/aromatic N) is 1. The first-order valence-electron chi connectivity index (χ1n) is 7.36. The highest BCUT2D eigenvalue weighted by molar-refractivity contribution is 5.64. The van der Waals surface area contributed by atoms with Crippen LogP contribution in [-0.4, -0.2) is 9.97 Å². The average molecular weight is 276 g/mol. The van der Waals surface area contributed by atoms with Crippen LogP contribution in [0.3, 0.4) is 0 Å². The monoisotopic (exact) mass is 276 g/mol. The van der Waals surface area contributed by atoms with Crippen molar-refractivity contribution in [1.29, 1.82) is 0 Å². The molecule has 1 heterocycles. The third-order valence-corrected chi connectivity index (χ3v) is 3.79. The van der Waals surface area contributed by atoms with Gasteiger partial charge in [0.1, 0.15) is 5.82 Å². The third kappa shape index (κ3) is 2.89. The van der Waals surface area contributed by atoms with Crippen LogP contribution in [0.2, 0.25) is 0 Å². The molecule has 3 rings (SSSR count). The summed E-state index contributed by atoms with van der Waals surface area (Å²) in [7, 11) is 0. The van der Waals surface area contributed by atoms with E-state index in [9.17, 15) is 0 Å². The predicted molar refractivity (Wildman–Crippen MR) is 88.3 cm³/mol. The van der Waals surface area contributed by atoms with E-state index in [-0.39, 0.29) is 0 Å². The van der Waals surface area contributed by atoms with Crippen molar-refractivity contribution in [2.75, 3.05) is 0 Å². The summed E-state index contributed by atoms with van der Waals surface area (Å²) in [5.41, 5.74) is 5.96. The molecular formula is C19H20N2. The molecule has 1 aromatic heterocycles. The third-order valence-electron chi connectivity index (χ3n) is 3.79. The Morgan fingerprint density at radius 2 is 1.48 bits per heavy atom. The summed E-state index contributed by atoms with van der Waals surface area (Å²) in [5, 5.41) is 0. The summed E-state index contributed by atoms with van der Waals surface area (Å²) >= 11 is 0. The molecule has 0 radical (unpaired) electrons. The van der Waals surface area contributed by atoms with Crippen LogP contribution in [0.5, 0.6) is 0 Å². The molecule has 3 aromatic rings. The van der Waals surface area contributed by atoms with Gasteiger partial charge in [0, 0.05) is 5.56 Å². The van der Waals surface area contributed by atoms with Crippen LogP contribution < -0.4 is 0 Å². The van der Waals surface area contributed by atoms with Crippen molar-refractivity contribution < 1.29 is 0 Å². The number of H-pyrrole nitrogens is 1. The lowest BCUT2D eigenvalue weighted by molar-refractivity contribution is 0.867. The van der Waals surface area contributed by atoms with E-state index in [2.05, 4.69) is 79.3 Å². The largest absolute Gasteiger partial charge is 0.338 e. The summed E-state index contributed by atoms with van der Waals surface area (Å²) in [6.45, 7) is 6.51. The molecule has 0 saturated heterocycles. The van der Waals surface area contributed by atoms with Crippen molar-refractivity contribution in [3.63, 3.8) is 0 Å². The summed E-state index contributed by atoms with van der Waals surface area (Å²) in [6, 6.07) is 17.1. The van der Waals surface area contributed by atoms with Crippen LogP contribution >= 0.6 is 0 Å². The molecule has 0 spiro atoms. The van der Waals surface area contributed by atoms with Gasteiger partial charge in [-0.25, -0.2) is 4.98 Å². The van der Waals surface area contributed by atoms with Crippen molar-refractivity contribution in [2.45, 2.75) is 26.7 Å². The molecule has 0 amide bonds. The van der Waals surface area contributed by atoms with Crippen LogP contribution in [0.4, 0.5) is 0 Å². The van der Waals surface area contributed by atoms with Gasteiger partial charge in [0.15, 0.2) is 0 Å². The maximum Gasteiger partial charge on any atom is 0.137 e. The normalized spacial score (nSPS) is 11.0. The van der Waals surface area contributed by atoms with Crippen LogP contribution in [0.1, 0.15) is 30.9 Å². The second-order valence-electron chi connectivity index (χ2n) is 5.79. The van der Waals surface area contributed by atoms with Gasteiger partial charge in [-0.2, -0.15) is 0 Å². The zero-order valence-corrected chi connectivity index (χ0v) is 12.7. The molecule has 0 fully saturated rings. The first-order chi connectivity index (χ1) is 10.1. The summed E-state index contributed by atoms with van der Waals surface area (Å²) in [5.74, 6) is 1.47. The fourth-order valence-corrected chi connectivity index (χ4v) is 2.37. The highest BCUT2D eigenvalue weighted by Gasteiger charge is 2.06. The number of aryl methyl sites for hydroxylation is 1. The maximum absolute atomic E-state index is 4.49. The molecule has 0 aliphatic heterocycles. The molecule has 0 aliphatic carbocycles. The lowest BCUT2D eigenvalue weighted by Gasteiger charge is -2.05. The van der Waals surface area contributed by atoms with E-state index in [4.69, 9.17) is 0 Å². The molecule has 2 heteroatoms. The van der Waals surface area contributed by atoms with Crippen LogP contribution in [0, 0.1) is 6.92 Å². The topological polar surface area (TPSA) is 28.7 Å². The van der Waals surface area contributed by atoms with Gasteiger partial charge >= 0.3 is 0 Å². The van der Waals surface area contributed by atoms with E-state index in [1.54, 1.807) is 0 Å². The molecule has 0 bridgehead atoms. The van der Waals surface area contributed by atoms with Crippen molar-refractivity contribution in [2.24, 2.45) is 0 Å². The molecule has 2 nitrogen and oxygen atoms in total. The van der Waals surface area contributed by atoms with Gasteiger partial charge in [-0.1, -0.05) is 67.9 Å². The number of benzene rings is 2. The van der Waals surface area contributed by atoms with Gasteiger partial charge in [0.2, 0.25) is 0 Å². The van der Waals surface area contributed by atoms with Gasteiger partial charge in [-0.15, -0.1) is 0 Å². The Morgan fingerprint density at radius 1 is 0.857 bits per heavy atom. The Morgan fingerprint density at radius 3 is 2.10 bits per heavy atom. The highest BCUT2D eigenvalue weighted by Crippen LogP contribution is 2.24. The molecule has 0 saturated carbocycles. The Labute approximate surface area is 125 Å². The minimum Gasteiger partial charge on any atom is -0.338 e. The van der Waals surface area contributed by atoms with Gasteiger partial charge in [0.25, 0.3) is 0 Å². The van der Waals surface area contributed by atoms with Crippen molar-refractivity contribution in [3.05, 3.63) is 65.9 Å². The van der Waals surface area contributed by atoms with Gasteiger partial charge < -0.3 is 4.98 Å². The number of hydrogen-bond donors (Lipinski definition) is 1. The Hall–Kier alpha value is -2.35. The van der Waals surface area contributed by atoms with Crippen molar-refractivity contribution in [3.8, 4) is 22.6 Å². The minimum atomic E-state index is 0.559. The smallest absolute Gasteiger partial charge is 0.137 e. The Kier molecular flexibility index (Phi) is 3.61. The van der Waals surface area contributed by atoms with E-state index in [0.717, 1.165) is 17.1 Å². The quantitative estimate of drug-likeness (QED) is 0.702. The highest BCUT2D eigenvalue weighted by atomic mass is 14.9. The number of rotatable bonds is 3. The molecule has 0 atom stereocenters. The number of imidazole rings is 1. The number of aromatic nitrogens is 2. The van der Waals surface area contributed by atoms with Crippen molar-refractivity contribution in [1.82, 2.24) is 9.97 Å². The zero-order chi connectivity index (χ0) is 14.8. The molecule has 2 aromatic carbocycles. The van der Waals surface area contributed by atoms with E-state index in [0.29, 0.717) is 5.92 Å². The van der Waals surface area contributed by atoms with Crippen molar-refractivity contribution >= 4 is 0 Å². The Bertz CT molecular complexity index is 719. The number of aromatic amines is 1. The molecule has 0 unspecified atom stereocenters. The standard InChI is InChI=1S/C19H20N2/c1-13(2)15-8-10-16(11-9-15)18-12-20-19(21-18)17-6-4-14(3)5-7-17/h4-13H,1-3H3,(H,20,21).